The molecule has 19 heavy (non-hydrogen) atoms. The van der Waals surface area contributed by atoms with Crippen molar-refractivity contribution in [1.82, 2.24) is 5.32 Å². The summed E-state index contributed by atoms with van der Waals surface area (Å²) in [6.07, 6.45) is 6.26. The van der Waals surface area contributed by atoms with E-state index in [-0.39, 0.29) is 6.04 Å². The molecule has 1 aromatic rings. The van der Waals surface area contributed by atoms with Crippen molar-refractivity contribution in [1.29, 1.82) is 5.26 Å². The van der Waals surface area contributed by atoms with Crippen LogP contribution in [0.4, 0.5) is 0 Å². The first-order valence-electron chi connectivity index (χ1n) is 7.05. The molecule has 102 valence electrons. The molecular formula is C16H22N2O. The number of aryl methyl sites for hydroxylation is 1. The molecule has 1 fully saturated rings. The van der Waals surface area contributed by atoms with Crippen LogP contribution in [-0.4, -0.2) is 13.2 Å². The summed E-state index contributed by atoms with van der Waals surface area (Å²) in [4.78, 5) is 0. The zero-order valence-corrected chi connectivity index (χ0v) is 11.8. The maximum atomic E-state index is 9.38. The monoisotopic (exact) mass is 258 g/mol. The number of nitrogens with one attached hydrogen (secondary N) is 1. The molecule has 0 saturated heterocycles. The van der Waals surface area contributed by atoms with Crippen molar-refractivity contribution in [2.75, 3.05) is 7.11 Å². The van der Waals surface area contributed by atoms with Crippen molar-refractivity contribution < 1.29 is 4.74 Å². The number of methoxy groups -OCH3 is 1. The third-order valence-corrected chi connectivity index (χ3v) is 3.89. The van der Waals surface area contributed by atoms with Gasteiger partial charge in [-0.2, -0.15) is 5.26 Å². The Morgan fingerprint density at radius 1 is 1.32 bits per heavy atom. The van der Waals surface area contributed by atoms with E-state index in [0.29, 0.717) is 6.04 Å². The molecule has 0 spiro atoms. The van der Waals surface area contributed by atoms with Crippen LogP contribution in [0.5, 0.6) is 5.75 Å². The van der Waals surface area contributed by atoms with Gasteiger partial charge in [0.15, 0.2) is 0 Å². The topological polar surface area (TPSA) is 45.0 Å². The minimum absolute atomic E-state index is 0.215. The molecule has 0 bridgehead atoms. The largest absolute Gasteiger partial charge is 0.496 e. The van der Waals surface area contributed by atoms with Crippen LogP contribution in [-0.2, 0) is 0 Å². The second-order valence-corrected chi connectivity index (χ2v) is 5.29. The SMILES string of the molecule is COc1ccc(C(C#N)NC2CCCCC2)cc1C. The van der Waals surface area contributed by atoms with E-state index in [1.165, 1.54) is 32.1 Å². The summed E-state index contributed by atoms with van der Waals surface area (Å²) in [5, 5.41) is 12.9. The molecule has 0 aliphatic heterocycles. The highest BCUT2D eigenvalue weighted by molar-refractivity contribution is 5.38. The fourth-order valence-electron chi connectivity index (χ4n) is 2.79. The normalized spacial score (nSPS) is 17.7. The van der Waals surface area contributed by atoms with Crippen LogP contribution in [0.2, 0.25) is 0 Å². The van der Waals surface area contributed by atoms with Crippen LogP contribution < -0.4 is 10.1 Å². The Kier molecular flexibility index (Phi) is 4.81. The van der Waals surface area contributed by atoms with E-state index in [2.05, 4.69) is 11.4 Å². The molecule has 1 N–H and O–H groups in total. The Labute approximate surface area is 115 Å². The number of hydrogen-bond donors (Lipinski definition) is 1. The quantitative estimate of drug-likeness (QED) is 0.899. The highest BCUT2D eigenvalue weighted by atomic mass is 16.5. The first-order chi connectivity index (χ1) is 9.24. The van der Waals surface area contributed by atoms with Gasteiger partial charge >= 0.3 is 0 Å². The Bertz CT molecular complexity index is 458. The summed E-state index contributed by atoms with van der Waals surface area (Å²) < 4.78 is 5.26. The van der Waals surface area contributed by atoms with Gasteiger partial charge in [0.25, 0.3) is 0 Å². The Balaban J connectivity index is 2.08. The molecule has 2 rings (SSSR count). The highest BCUT2D eigenvalue weighted by Crippen LogP contribution is 2.25. The van der Waals surface area contributed by atoms with E-state index in [1.807, 2.05) is 25.1 Å². The molecule has 1 aromatic carbocycles. The van der Waals surface area contributed by atoms with Crippen molar-refractivity contribution in [3.63, 3.8) is 0 Å². The van der Waals surface area contributed by atoms with Crippen LogP contribution in [0.1, 0.15) is 49.3 Å². The predicted octanol–water partition coefficient (Wildman–Crippen LogP) is 3.49. The molecule has 1 atom stereocenters. The zero-order chi connectivity index (χ0) is 13.7. The maximum Gasteiger partial charge on any atom is 0.121 e. The number of nitriles is 1. The van der Waals surface area contributed by atoms with Gasteiger partial charge in [-0.05, 0) is 43.0 Å². The van der Waals surface area contributed by atoms with Gasteiger partial charge in [0.1, 0.15) is 11.8 Å². The molecule has 1 unspecified atom stereocenters. The molecule has 1 aliphatic carbocycles. The maximum absolute atomic E-state index is 9.38. The molecule has 0 amide bonds. The molecule has 3 heteroatoms. The van der Waals surface area contributed by atoms with Crippen LogP contribution >= 0.6 is 0 Å². The van der Waals surface area contributed by atoms with Crippen molar-refractivity contribution >= 4 is 0 Å². The molecular weight excluding hydrogens is 236 g/mol. The lowest BCUT2D eigenvalue weighted by atomic mass is 9.94. The summed E-state index contributed by atoms with van der Waals surface area (Å²) in [5.41, 5.74) is 2.11. The predicted molar refractivity (Wildman–Crippen MR) is 76.1 cm³/mol. The van der Waals surface area contributed by atoms with Gasteiger partial charge in [0, 0.05) is 6.04 Å². The molecule has 3 nitrogen and oxygen atoms in total. The van der Waals surface area contributed by atoms with Gasteiger partial charge in [-0.1, -0.05) is 25.3 Å². The van der Waals surface area contributed by atoms with E-state index in [9.17, 15) is 5.26 Å². The first kappa shape index (κ1) is 13.9. The average molecular weight is 258 g/mol. The molecule has 0 heterocycles. The summed E-state index contributed by atoms with van der Waals surface area (Å²) >= 11 is 0. The molecule has 1 aliphatic rings. The number of rotatable bonds is 4. The molecule has 0 aromatic heterocycles. The van der Waals surface area contributed by atoms with Crippen molar-refractivity contribution in [3.8, 4) is 11.8 Å². The minimum Gasteiger partial charge on any atom is -0.496 e. The van der Waals surface area contributed by atoms with Crippen LogP contribution in [0.3, 0.4) is 0 Å². The lowest BCUT2D eigenvalue weighted by molar-refractivity contribution is 0.359. The second kappa shape index (κ2) is 6.58. The fourth-order valence-corrected chi connectivity index (χ4v) is 2.79. The van der Waals surface area contributed by atoms with E-state index < -0.39 is 0 Å². The van der Waals surface area contributed by atoms with Crippen LogP contribution in [0.15, 0.2) is 18.2 Å². The van der Waals surface area contributed by atoms with E-state index >= 15 is 0 Å². The van der Waals surface area contributed by atoms with E-state index in [1.54, 1.807) is 7.11 Å². The van der Waals surface area contributed by atoms with Gasteiger partial charge in [0.2, 0.25) is 0 Å². The Morgan fingerprint density at radius 2 is 2.05 bits per heavy atom. The number of benzene rings is 1. The summed E-state index contributed by atoms with van der Waals surface area (Å²) in [6.45, 7) is 2.01. The zero-order valence-electron chi connectivity index (χ0n) is 11.8. The van der Waals surface area contributed by atoms with Crippen LogP contribution in [0.25, 0.3) is 0 Å². The highest BCUT2D eigenvalue weighted by Gasteiger charge is 2.19. The van der Waals surface area contributed by atoms with Crippen LogP contribution in [0, 0.1) is 18.3 Å². The van der Waals surface area contributed by atoms with Crippen molar-refractivity contribution in [2.45, 2.75) is 51.1 Å². The fraction of sp³-hybridized carbons (Fsp3) is 0.562. The van der Waals surface area contributed by atoms with Crippen molar-refractivity contribution in [2.24, 2.45) is 0 Å². The summed E-state index contributed by atoms with van der Waals surface area (Å²) in [6, 6.07) is 8.62. The summed E-state index contributed by atoms with van der Waals surface area (Å²) in [7, 11) is 1.67. The average Bonchev–Trinajstić information content (AvgIpc) is 2.46. The third-order valence-electron chi connectivity index (χ3n) is 3.89. The molecule has 1 saturated carbocycles. The van der Waals surface area contributed by atoms with E-state index in [0.717, 1.165) is 16.9 Å². The lowest BCUT2D eigenvalue weighted by Gasteiger charge is -2.25. The first-order valence-corrected chi connectivity index (χ1v) is 7.05. The van der Waals surface area contributed by atoms with Gasteiger partial charge in [-0.3, -0.25) is 5.32 Å². The summed E-state index contributed by atoms with van der Waals surface area (Å²) in [5.74, 6) is 0.873. The Hall–Kier alpha value is -1.53. The molecule has 0 radical (unpaired) electrons. The standard InChI is InChI=1S/C16H22N2O/c1-12-10-13(8-9-16(12)19-2)15(11-17)18-14-6-4-3-5-7-14/h8-10,14-15,18H,3-7H2,1-2H3. The van der Waals surface area contributed by atoms with Gasteiger partial charge < -0.3 is 4.74 Å². The third kappa shape index (κ3) is 3.48. The smallest absolute Gasteiger partial charge is 0.121 e. The minimum atomic E-state index is -0.215. The Morgan fingerprint density at radius 3 is 2.63 bits per heavy atom. The van der Waals surface area contributed by atoms with Gasteiger partial charge in [0.05, 0.1) is 13.2 Å². The number of hydrogen-bond acceptors (Lipinski definition) is 3. The van der Waals surface area contributed by atoms with E-state index in [4.69, 9.17) is 4.74 Å². The number of ether oxygens (including phenoxy) is 1. The lowest BCUT2D eigenvalue weighted by Crippen LogP contribution is -2.33. The van der Waals surface area contributed by atoms with Gasteiger partial charge in [-0.25, -0.2) is 0 Å². The number of nitrogens with zero attached hydrogens (tertiary/aromatic N) is 1. The van der Waals surface area contributed by atoms with Crippen molar-refractivity contribution in [3.05, 3.63) is 29.3 Å². The van der Waals surface area contributed by atoms with Gasteiger partial charge in [-0.15, -0.1) is 0 Å². The second-order valence-electron chi connectivity index (χ2n) is 5.29.